The number of benzene rings is 2. The van der Waals surface area contributed by atoms with Crippen LogP contribution in [0.2, 0.25) is 10.0 Å². The van der Waals surface area contributed by atoms with Crippen LogP contribution in [-0.4, -0.2) is 68.3 Å². The number of anilines is 2. The van der Waals surface area contributed by atoms with E-state index in [0.717, 1.165) is 93.9 Å². The van der Waals surface area contributed by atoms with Crippen molar-refractivity contribution < 1.29 is 19.4 Å². The zero-order valence-electron chi connectivity index (χ0n) is 22.9. The number of halogens is 2. The lowest BCUT2D eigenvalue weighted by molar-refractivity contribution is -0.144. The molecule has 2 heterocycles. The van der Waals surface area contributed by atoms with Crippen molar-refractivity contribution in [2.45, 2.75) is 64.5 Å². The third-order valence-corrected chi connectivity index (χ3v) is 8.34. The van der Waals surface area contributed by atoms with Gasteiger partial charge in [0, 0.05) is 44.4 Å². The van der Waals surface area contributed by atoms with Crippen molar-refractivity contribution in [2.75, 3.05) is 55.9 Å². The van der Waals surface area contributed by atoms with Gasteiger partial charge in [0.2, 0.25) is 0 Å². The minimum absolute atomic E-state index is 0.0549. The Balaban J connectivity index is 1.18. The predicted molar refractivity (Wildman–Crippen MR) is 158 cm³/mol. The lowest BCUT2D eigenvalue weighted by Gasteiger charge is -2.36. The van der Waals surface area contributed by atoms with E-state index in [4.69, 9.17) is 32.7 Å². The van der Waals surface area contributed by atoms with E-state index in [1.54, 1.807) is 4.90 Å². The largest absolute Gasteiger partial charge is 0.494 e. The fourth-order valence-corrected chi connectivity index (χ4v) is 5.59. The Morgan fingerprint density at radius 3 is 2.64 bits per heavy atom. The fraction of sp³-hybridized carbons (Fsp3) is 0.567. The number of aliphatic hydroxyl groups is 1. The molecular weight excluding hydrogens is 537 g/mol. The third-order valence-electron chi connectivity index (χ3n) is 7.53. The van der Waals surface area contributed by atoms with Gasteiger partial charge in [0.1, 0.15) is 12.0 Å². The second-order valence-corrected chi connectivity index (χ2v) is 11.1. The van der Waals surface area contributed by atoms with Gasteiger partial charge in [-0.15, -0.1) is 0 Å². The van der Waals surface area contributed by atoms with E-state index >= 15 is 0 Å². The molecule has 2 aromatic carbocycles. The molecule has 2 aromatic rings. The highest BCUT2D eigenvalue weighted by Gasteiger charge is 2.26. The summed E-state index contributed by atoms with van der Waals surface area (Å²) in [6.07, 6.45) is 6.06. The van der Waals surface area contributed by atoms with Crippen LogP contribution >= 0.6 is 23.2 Å². The highest BCUT2D eigenvalue weighted by atomic mass is 35.5. The molecule has 0 radical (unpaired) electrons. The van der Waals surface area contributed by atoms with Crippen molar-refractivity contribution in [3.05, 3.63) is 52.0 Å². The highest BCUT2D eigenvalue weighted by molar-refractivity contribution is 6.43. The number of unbranched alkanes of at least 4 members (excludes halogenated alkanes) is 3. The minimum atomic E-state index is -0.674. The molecule has 0 spiro atoms. The number of aliphatic hydroxyl groups excluding tert-OH is 1. The van der Waals surface area contributed by atoms with Crippen LogP contribution < -0.4 is 14.5 Å². The van der Waals surface area contributed by atoms with E-state index in [-0.39, 0.29) is 12.7 Å². The highest BCUT2D eigenvalue weighted by Crippen LogP contribution is 2.34. The monoisotopic (exact) mass is 577 g/mol. The van der Waals surface area contributed by atoms with Crippen LogP contribution in [0.1, 0.15) is 57.4 Å². The summed E-state index contributed by atoms with van der Waals surface area (Å²) >= 11 is 12.6. The van der Waals surface area contributed by atoms with Crippen LogP contribution in [0.5, 0.6) is 5.75 Å². The van der Waals surface area contributed by atoms with Crippen LogP contribution in [0.3, 0.4) is 0 Å². The number of nitrogens with zero attached hydrogens (tertiary/aromatic N) is 3. The number of piperazine rings is 1. The molecule has 0 saturated carbocycles. The van der Waals surface area contributed by atoms with E-state index in [2.05, 4.69) is 22.8 Å². The van der Waals surface area contributed by atoms with Gasteiger partial charge in [0.15, 0.2) is 6.73 Å². The number of hydrogen-bond donors (Lipinski definition) is 1. The summed E-state index contributed by atoms with van der Waals surface area (Å²) in [6.45, 7) is 7.68. The maximum atomic E-state index is 12.1. The number of hydrogen-bond acceptors (Lipinski definition) is 7. The number of esters is 1. The Hall–Kier alpha value is -2.19. The van der Waals surface area contributed by atoms with Gasteiger partial charge in [-0.05, 0) is 62.4 Å². The molecule has 4 rings (SSSR count). The summed E-state index contributed by atoms with van der Waals surface area (Å²) < 4.78 is 11.5. The molecule has 1 saturated heterocycles. The predicted octanol–water partition coefficient (Wildman–Crippen LogP) is 6.13. The standard InChI is InChI=1S/C30H41Cl2N3O4/c1-2-3-4-10-29(37)39-22-35-27-21-24(13-11-23(27)12-14-28(35)36)38-20-6-5-15-33-16-18-34(19-17-33)26-9-7-8-25(31)30(26)32/h7-9,11,13,21,28,36H,2-6,10,12,14-20,22H2,1H3. The van der Waals surface area contributed by atoms with Crippen molar-refractivity contribution in [1.29, 1.82) is 0 Å². The first-order valence-electron chi connectivity index (χ1n) is 14.2. The number of carbonyl (C=O) groups excluding carboxylic acids is 1. The summed E-state index contributed by atoms with van der Waals surface area (Å²) in [6, 6.07) is 11.8. The lowest BCUT2D eigenvalue weighted by atomic mass is 10.0. The molecule has 1 N–H and O–H groups in total. The van der Waals surface area contributed by atoms with Gasteiger partial charge < -0.3 is 24.4 Å². The van der Waals surface area contributed by atoms with E-state index in [1.165, 1.54) is 0 Å². The number of fused-ring (bicyclic) bond motifs is 1. The summed E-state index contributed by atoms with van der Waals surface area (Å²) in [4.78, 5) is 18.6. The van der Waals surface area contributed by atoms with Crippen LogP contribution in [0.25, 0.3) is 0 Å². The van der Waals surface area contributed by atoms with E-state index < -0.39 is 6.23 Å². The molecule has 0 aliphatic carbocycles. The summed E-state index contributed by atoms with van der Waals surface area (Å²) in [5.41, 5.74) is 3.02. The number of ether oxygens (including phenoxy) is 2. The van der Waals surface area contributed by atoms with Crippen LogP contribution in [0.4, 0.5) is 11.4 Å². The average Bonchev–Trinajstić information content (AvgIpc) is 2.94. The SMILES string of the molecule is CCCCCC(=O)OCN1c2cc(OCCCCN3CCN(c4cccc(Cl)c4Cl)CC3)ccc2CCC1O. The Kier molecular flexibility index (Phi) is 11.4. The molecule has 0 aromatic heterocycles. The van der Waals surface area contributed by atoms with Crippen molar-refractivity contribution in [3.8, 4) is 5.75 Å². The third kappa shape index (κ3) is 8.40. The first kappa shape index (κ1) is 29.8. The molecule has 7 nitrogen and oxygen atoms in total. The molecular formula is C30H41Cl2N3O4. The van der Waals surface area contributed by atoms with Gasteiger partial charge in [0.25, 0.3) is 0 Å². The molecule has 1 unspecified atom stereocenters. The van der Waals surface area contributed by atoms with Gasteiger partial charge in [-0.25, -0.2) is 0 Å². The maximum Gasteiger partial charge on any atom is 0.307 e. The van der Waals surface area contributed by atoms with Crippen LogP contribution in [0, 0.1) is 0 Å². The first-order chi connectivity index (χ1) is 19.0. The Labute approximate surface area is 242 Å². The molecule has 9 heteroatoms. The second-order valence-electron chi connectivity index (χ2n) is 10.3. The van der Waals surface area contributed by atoms with Crippen LogP contribution in [-0.2, 0) is 16.0 Å². The lowest BCUT2D eigenvalue weighted by Crippen LogP contribution is -2.46. The summed E-state index contributed by atoms with van der Waals surface area (Å²) in [5.74, 6) is 0.555. The zero-order valence-corrected chi connectivity index (χ0v) is 24.4. The quantitative estimate of drug-likeness (QED) is 0.227. The molecule has 2 aliphatic rings. The smallest absolute Gasteiger partial charge is 0.307 e. The normalized spacial score (nSPS) is 17.7. The van der Waals surface area contributed by atoms with E-state index in [1.807, 2.05) is 30.3 Å². The van der Waals surface area contributed by atoms with Gasteiger partial charge in [-0.3, -0.25) is 9.69 Å². The average molecular weight is 579 g/mol. The topological polar surface area (TPSA) is 65.5 Å². The number of aryl methyl sites for hydroxylation is 1. The van der Waals surface area contributed by atoms with Gasteiger partial charge in [-0.1, -0.05) is 55.1 Å². The molecule has 214 valence electrons. The van der Waals surface area contributed by atoms with Crippen molar-refractivity contribution in [3.63, 3.8) is 0 Å². The van der Waals surface area contributed by atoms with Crippen molar-refractivity contribution >= 4 is 40.5 Å². The van der Waals surface area contributed by atoms with Crippen LogP contribution in [0.15, 0.2) is 36.4 Å². The first-order valence-corrected chi connectivity index (χ1v) is 15.0. The molecule has 2 aliphatic heterocycles. The van der Waals surface area contributed by atoms with Gasteiger partial charge in [0.05, 0.1) is 22.3 Å². The van der Waals surface area contributed by atoms with Gasteiger partial charge in [-0.2, -0.15) is 0 Å². The molecule has 0 amide bonds. The Morgan fingerprint density at radius 1 is 1.03 bits per heavy atom. The van der Waals surface area contributed by atoms with Gasteiger partial charge >= 0.3 is 5.97 Å². The Morgan fingerprint density at radius 2 is 1.85 bits per heavy atom. The van der Waals surface area contributed by atoms with Crippen molar-refractivity contribution in [2.24, 2.45) is 0 Å². The minimum Gasteiger partial charge on any atom is -0.494 e. The van der Waals surface area contributed by atoms with Crippen molar-refractivity contribution in [1.82, 2.24) is 4.90 Å². The molecule has 0 bridgehead atoms. The summed E-state index contributed by atoms with van der Waals surface area (Å²) in [7, 11) is 0. The zero-order chi connectivity index (χ0) is 27.6. The second kappa shape index (κ2) is 15.0. The number of carbonyl (C=O) groups is 1. The molecule has 1 atom stereocenters. The number of rotatable bonds is 13. The fourth-order valence-electron chi connectivity index (χ4n) is 5.18. The van der Waals surface area contributed by atoms with E-state index in [9.17, 15) is 9.90 Å². The van der Waals surface area contributed by atoms with E-state index in [0.29, 0.717) is 29.5 Å². The summed E-state index contributed by atoms with van der Waals surface area (Å²) in [5, 5.41) is 11.8. The maximum absolute atomic E-state index is 12.1. The molecule has 1 fully saturated rings. The Bertz CT molecular complexity index is 1080. The molecule has 39 heavy (non-hydrogen) atoms.